The van der Waals surface area contributed by atoms with Crippen molar-refractivity contribution in [3.05, 3.63) is 0 Å². The van der Waals surface area contributed by atoms with Crippen molar-refractivity contribution >= 4 is 12.3 Å². The third kappa shape index (κ3) is 6.41. The Morgan fingerprint density at radius 1 is 1.18 bits per heavy atom. The van der Waals surface area contributed by atoms with Gasteiger partial charge in [0.2, 0.25) is 0 Å². The Morgan fingerprint density at radius 3 is 2.53 bits per heavy atom. The van der Waals surface area contributed by atoms with Gasteiger partial charge < -0.3 is 14.6 Å². The zero-order valence-electron chi connectivity index (χ0n) is 10.3. The second-order valence-electron chi connectivity index (χ2n) is 4.71. The van der Waals surface area contributed by atoms with Crippen molar-refractivity contribution in [1.82, 2.24) is 0 Å². The van der Waals surface area contributed by atoms with E-state index in [1.807, 2.05) is 0 Å². The van der Waals surface area contributed by atoms with E-state index in [0.29, 0.717) is 0 Å². The minimum Gasteiger partial charge on any atom is -0.481 e. The molecular weight excluding hydrogens is 220 g/mol. The molecular formula is C13H22O4. The van der Waals surface area contributed by atoms with Crippen LogP contribution in [0.15, 0.2) is 0 Å². The Balaban J connectivity index is 1.88. The molecule has 4 heteroatoms. The van der Waals surface area contributed by atoms with Crippen LogP contribution in [-0.4, -0.2) is 29.6 Å². The SMILES string of the molecule is O=CC1CCC(CCCCCCCC(=O)O)O1. The van der Waals surface area contributed by atoms with E-state index < -0.39 is 5.97 Å². The standard InChI is InChI=1S/C13H22O4/c14-10-12-9-8-11(17-12)6-4-2-1-3-5-7-13(15)16/h10-12H,1-9H2,(H,15,16). The summed E-state index contributed by atoms with van der Waals surface area (Å²) in [6.07, 6.45) is 9.29. The molecule has 2 atom stereocenters. The van der Waals surface area contributed by atoms with Gasteiger partial charge in [0.25, 0.3) is 0 Å². The molecule has 98 valence electrons. The summed E-state index contributed by atoms with van der Waals surface area (Å²) in [6.45, 7) is 0. The second-order valence-corrected chi connectivity index (χ2v) is 4.71. The third-order valence-electron chi connectivity index (χ3n) is 3.21. The van der Waals surface area contributed by atoms with Gasteiger partial charge in [-0.25, -0.2) is 0 Å². The number of hydrogen-bond acceptors (Lipinski definition) is 3. The van der Waals surface area contributed by atoms with Crippen molar-refractivity contribution in [2.75, 3.05) is 0 Å². The van der Waals surface area contributed by atoms with Crippen LogP contribution in [0.25, 0.3) is 0 Å². The van der Waals surface area contributed by atoms with Gasteiger partial charge in [-0.1, -0.05) is 25.7 Å². The number of rotatable bonds is 9. The van der Waals surface area contributed by atoms with Gasteiger partial charge in [0.05, 0.1) is 6.10 Å². The Bertz CT molecular complexity index is 240. The van der Waals surface area contributed by atoms with Gasteiger partial charge in [0.1, 0.15) is 12.4 Å². The van der Waals surface area contributed by atoms with E-state index in [9.17, 15) is 9.59 Å². The average Bonchev–Trinajstić information content (AvgIpc) is 2.75. The summed E-state index contributed by atoms with van der Waals surface area (Å²) in [5.41, 5.74) is 0. The van der Waals surface area contributed by atoms with Crippen LogP contribution in [0.4, 0.5) is 0 Å². The molecule has 1 fully saturated rings. The van der Waals surface area contributed by atoms with Gasteiger partial charge in [0.15, 0.2) is 0 Å². The van der Waals surface area contributed by atoms with Crippen LogP contribution in [0.1, 0.15) is 57.8 Å². The van der Waals surface area contributed by atoms with Gasteiger partial charge >= 0.3 is 5.97 Å². The van der Waals surface area contributed by atoms with Crippen molar-refractivity contribution in [2.45, 2.75) is 70.0 Å². The summed E-state index contributed by atoms with van der Waals surface area (Å²) in [5.74, 6) is -0.704. The minimum atomic E-state index is -0.704. The van der Waals surface area contributed by atoms with Crippen LogP contribution >= 0.6 is 0 Å². The highest BCUT2D eigenvalue weighted by atomic mass is 16.5. The lowest BCUT2D eigenvalue weighted by atomic mass is 10.1. The molecule has 0 aliphatic carbocycles. The van der Waals surface area contributed by atoms with Crippen molar-refractivity contribution in [1.29, 1.82) is 0 Å². The van der Waals surface area contributed by atoms with Crippen molar-refractivity contribution in [3.63, 3.8) is 0 Å². The lowest BCUT2D eigenvalue weighted by Crippen LogP contribution is -2.11. The van der Waals surface area contributed by atoms with Gasteiger partial charge in [-0.3, -0.25) is 4.79 Å². The highest BCUT2D eigenvalue weighted by Gasteiger charge is 2.23. The molecule has 0 radical (unpaired) electrons. The van der Waals surface area contributed by atoms with Gasteiger partial charge in [-0.15, -0.1) is 0 Å². The van der Waals surface area contributed by atoms with E-state index in [-0.39, 0.29) is 18.6 Å². The predicted molar refractivity (Wildman–Crippen MR) is 63.9 cm³/mol. The molecule has 0 aromatic heterocycles. The topological polar surface area (TPSA) is 63.6 Å². The van der Waals surface area contributed by atoms with E-state index in [0.717, 1.165) is 57.7 Å². The van der Waals surface area contributed by atoms with Gasteiger partial charge in [-0.2, -0.15) is 0 Å². The number of carbonyl (C=O) groups is 2. The maximum absolute atomic E-state index is 10.5. The molecule has 2 unspecified atom stereocenters. The molecule has 0 aromatic carbocycles. The quantitative estimate of drug-likeness (QED) is 0.498. The Kier molecular flexibility index (Phi) is 6.86. The first-order valence-corrected chi connectivity index (χ1v) is 6.55. The molecule has 1 saturated heterocycles. The molecule has 1 heterocycles. The average molecular weight is 242 g/mol. The molecule has 0 amide bonds. The number of carbonyl (C=O) groups excluding carboxylic acids is 1. The minimum absolute atomic E-state index is 0.171. The molecule has 1 aliphatic rings. The summed E-state index contributed by atoms with van der Waals surface area (Å²) >= 11 is 0. The largest absolute Gasteiger partial charge is 0.481 e. The van der Waals surface area contributed by atoms with Crippen LogP contribution in [0.5, 0.6) is 0 Å². The van der Waals surface area contributed by atoms with Crippen LogP contribution < -0.4 is 0 Å². The lowest BCUT2D eigenvalue weighted by Gasteiger charge is -2.09. The molecule has 1 aliphatic heterocycles. The van der Waals surface area contributed by atoms with Crippen molar-refractivity contribution < 1.29 is 19.4 Å². The molecule has 1 N–H and O–H groups in total. The van der Waals surface area contributed by atoms with E-state index in [4.69, 9.17) is 9.84 Å². The molecule has 0 spiro atoms. The lowest BCUT2D eigenvalue weighted by molar-refractivity contribution is -0.137. The summed E-state index contributed by atoms with van der Waals surface area (Å²) in [6, 6.07) is 0. The van der Waals surface area contributed by atoms with E-state index in [2.05, 4.69) is 0 Å². The smallest absolute Gasteiger partial charge is 0.303 e. The van der Waals surface area contributed by atoms with Crippen LogP contribution in [0.3, 0.4) is 0 Å². The summed E-state index contributed by atoms with van der Waals surface area (Å²) < 4.78 is 5.52. The first-order chi connectivity index (χ1) is 8.22. The third-order valence-corrected chi connectivity index (χ3v) is 3.21. The number of aldehydes is 1. The highest BCUT2D eigenvalue weighted by Crippen LogP contribution is 2.23. The van der Waals surface area contributed by atoms with E-state index in [1.54, 1.807) is 0 Å². The molecule has 0 saturated carbocycles. The maximum Gasteiger partial charge on any atom is 0.303 e. The fourth-order valence-corrected chi connectivity index (χ4v) is 2.22. The van der Waals surface area contributed by atoms with Crippen LogP contribution in [0.2, 0.25) is 0 Å². The summed E-state index contributed by atoms with van der Waals surface area (Å²) in [7, 11) is 0. The predicted octanol–water partition coefficient (Wildman–Crippen LogP) is 2.55. The monoisotopic (exact) mass is 242 g/mol. The number of unbranched alkanes of at least 4 members (excludes halogenated alkanes) is 4. The van der Waals surface area contributed by atoms with Crippen LogP contribution in [-0.2, 0) is 14.3 Å². The fourth-order valence-electron chi connectivity index (χ4n) is 2.22. The second kappa shape index (κ2) is 8.23. The number of ether oxygens (including phenoxy) is 1. The maximum atomic E-state index is 10.5. The molecule has 0 bridgehead atoms. The van der Waals surface area contributed by atoms with E-state index >= 15 is 0 Å². The normalized spacial score (nSPS) is 23.8. The fraction of sp³-hybridized carbons (Fsp3) is 0.846. The first-order valence-electron chi connectivity index (χ1n) is 6.55. The zero-order valence-corrected chi connectivity index (χ0v) is 10.3. The molecule has 4 nitrogen and oxygen atoms in total. The van der Waals surface area contributed by atoms with Crippen LogP contribution in [0, 0.1) is 0 Å². The number of aliphatic carboxylic acids is 1. The van der Waals surface area contributed by atoms with E-state index in [1.165, 1.54) is 0 Å². The molecule has 1 rings (SSSR count). The zero-order chi connectivity index (χ0) is 12.5. The van der Waals surface area contributed by atoms with Gasteiger partial charge in [-0.05, 0) is 25.7 Å². The first kappa shape index (κ1) is 14.2. The highest BCUT2D eigenvalue weighted by molar-refractivity contribution is 5.66. The van der Waals surface area contributed by atoms with Crippen molar-refractivity contribution in [2.24, 2.45) is 0 Å². The molecule has 17 heavy (non-hydrogen) atoms. The van der Waals surface area contributed by atoms with Crippen molar-refractivity contribution in [3.8, 4) is 0 Å². The Hall–Kier alpha value is -0.900. The Morgan fingerprint density at radius 2 is 1.88 bits per heavy atom. The number of hydrogen-bond donors (Lipinski definition) is 1. The Labute approximate surface area is 102 Å². The molecule has 0 aromatic rings. The number of carboxylic acids is 1. The summed E-state index contributed by atoms with van der Waals surface area (Å²) in [4.78, 5) is 20.8. The number of carboxylic acid groups (broad SMARTS) is 1. The summed E-state index contributed by atoms with van der Waals surface area (Å²) in [5, 5.41) is 8.46. The van der Waals surface area contributed by atoms with Gasteiger partial charge in [0, 0.05) is 6.42 Å².